The second-order valence-corrected chi connectivity index (χ2v) is 3.62. The molecule has 4 nitrogen and oxygen atoms in total. The van der Waals surface area contributed by atoms with E-state index < -0.39 is 0 Å². The minimum atomic E-state index is -0.322. The van der Waals surface area contributed by atoms with E-state index in [0.717, 1.165) is 17.8 Å². The molecule has 0 bridgehead atoms. The fourth-order valence-corrected chi connectivity index (χ4v) is 1.65. The first-order valence-electron chi connectivity index (χ1n) is 5.73. The van der Waals surface area contributed by atoms with E-state index >= 15 is 0 Å². The van der Waals surface area contributed by atoms with Gasteiger partial charge in [-0.1, -0.05) is 0 Å². The summed E-state index contributed by atoms with van der Waals surface area (Å²) in [6.45, 7) is 6.90. The van der Waals surface area contributed by atoms with Crippen LogP contribution in [-0.2, 0) is 4.74 Å². The zero-order chi connectivity index (χ0) is 12.8. The van der Waals surface area contributed by atoms with Crippen molar-refractivity contribution < 1.29 is 14.3 Å². The van der Waals surface area contributed by atoms with Gasteiger partial charge >= 0.3 is 5.97 Å². The molecule has 0 aromatic heterocycles. The van der Waals surface area contributed by atoms with Crippen LogP contribution in [0.2, 0.25) is 0 Å². The number of esters is 1. The smallest absolute Gasteiger partial charge is 0.338 e. The number of nitrogens with one attached hydrogen (secondary N) is 1. The molecule has 1 aromatic rings. The van der Waals surface area contributed by atoms with Crippen molar-refractivity contribution in [2.75, 3.05) is 25.6 Å². The zero-order valence-electron chi connectivity index (χ0n) is 10.8. The Hall–Kier alpha value is -1.71. The fourth-order valence-electron chi connectivity index (χ4n) is 1.65. The SMILES string of the molecule is CCNc1c(C)cc(C(=O)OCC)cc1OC. The first-order valence-corrected chi connectivity index (χ1v) is 5.73. The summed E-state index contributed by atoms with van der Waals surface area (Å²) in [5, 5.41) is 3.22. The molecule has 0 aliphatic rings. The van der Waals surface area contributed by atoms with Crippen molar-refractivity contribution in [3.8, 4) is 5.75 Å². The van der Waals surface area contributed by atoms with Crippen LogP contribution >= 0.6 is 0 Å². The van der Waals surface area contributed by atoms with E-state index in [-0.39, 0.29) is 5.97 Å². The summed E-state index contributed by atoms with van der Waals surface area (Å²) < 4.78 is 10.2. The van der Waals surface area contributed by atoms with Gasteiger partial charge in [0.25, 0.3) is 0 Å². The van der Waals surface area contributed by atoms with Crippen molar-refractivity contribution in [3.05, 3.63) is 23.3 Å². The Kier molecular flexibility index (Phi) is 4.82. The molecule has 0 spiro atoms. The van der Waals surface area contributed by atoms with Crippen molar-refractivity contribution in [1.82, 2.24) is 0 Å². The van der Waals surface area contributed by atoms with Crippen LogP contribution in [0.15, 0.2) is 12.1 Å². The maximum absolute atomic E-state index is 11.6. The van der Waals surface area contributed by atoms with Crippen LogP contribution < -0.4 is 10.1 Å². The van der Waals surface area contributed by atoms with Gasteiger partial charge in [-0.25, -0.2) is 4.79 Å². The third kappa shape index (κ3) is 3.12. The van der Waals surface area contributed by atoms with Gasteiger partial charge in [-0.05, 0) is 38.5 Å². The van der Waals surface area contributed by atoms with Crippen LogP contribution in [0.4, 0.5) is 5.69 Å². The van der Waals surface area contributed by atoms with Gasteiger partial charge in [0.2, 0.25) is 0 Å². The van der Waals surface area contributed by atoms with E-state index in [1.165, 1.54) is 0 Å². The van der Waals surface area contributed by atoms with Gasteiger partial charge in [0, 0.05) is 6.54 Å². The summed E-state index contributed by atoms with van der Waals surface area (Å²) in [6.07, 6.45) is 0. The number of carbonyl (C=O) groups is 1. The summed E-state index contributed by atoms with van der Waals surface area (Å²) in [4.78, 5) is 11.6. The topological polar surface area (TPSA) is 47.6 Å². The molecule has 0 aliphatic carbocycles. The number of benzene rings is 1. The number of ether oxygens (including phenoxy) is 2. The lowest BCUT2D eigenvalue weighted by Crippen LogP contribution is -2.08. The van der Waals surface area contributed by atoms with E-state index in [4.69, 9.17) is 9.47 Å². The Bertz CT molecular complexity index is 402. The van der Waals surface area contributed by atoms with Crippen molar-refractivity contribution in [2.45, 2.75) is 20.8 Å². The monoisotopic (exact) mass is 237 g/mol. The number of hydrogen-bond acceptors (Lipinski definition) is 4. The van der Waals surface area contributed by atoms with Crippen molar-refractivity contribution >= 4 is 11.7 Å². The van der Waals surface area contributed by atoms with E-state index in [2.05, 4.69) is 5.32 Å². The van der Waals surface area contributed by atoms with E-state index in [1.807, 2.05) is 13.8 Å². The normalized spacial score (nSPS) is 9.88. The number of anilines is 1. The first kappa shape index (κ1) is 13.4. The average Bonchev–Trinajstić information content (AvgIpc) is 2.31. The summed E-state index contributed by atoms with van der Waals surface area (Å²) in [7, 11) is 1.59. The molecule has 4 heteroatoms. The summed E-state index contributed by atoms with van der Waals surface area (Å²) in [6, 6.07) is 3.50. The van der Waals surface area contributed by atoms with Crippen LogP contribution in [0.25, 0.3) is 0 Å². The molecular weight excluding hydrogens is 218 g/mol. The van der Waals surface area contributed by atoms with Gasteiger partial charge in [0.15, 0.2) is 0 Å². The van der Waals surface area contributed by atoms with Crippen molar-refractivity contribution in [3.63, 3.8) is 0 Å². The third-order valence-corrected chi connectivity index (χ3v) is 2.38. The molecule has 0 radical (unpaired) electrons. The molecule has 17 heavy (non-hydrogen) atoms. The standard InChI is InChI=1S/C13H19NO3/c1-5-14-12-9(3)7-10(8-11(12)16-4)13(15)17-6-2/h7-8,14H,5-6H2,1-4H3. The number of carbonyl (C=O) groups excluding carboxylic acids is 1. The quantitative estimate of drug-likeness (QED) is 0.800. The summed E-state index contributed by atoms with van der Waals surface area (Å²) in [5.41, 5.74) is 2.40. The predicted molar refractivity (Wildman–Crippen MR) is 67.9 cm³/mol. The highest BCUT2D eigenvalue weighted by atomic mass is 16.5. The highest BCUT2D eigenvalue weighted by molar-refractivity contribution is 5.91. The van der Waals surface area contributed by atoms with Gasteiger partial charge in [-0.15, -0.1) is 0 Å². The number of aryl methyl sites for hydroxylation is 1. The molecular formula is C13H19NO3. The van der Waals surface area contributed by atoms with Crippen LogP contribution in [0.5, 0.6) is 5.75 Å². The Labute approximate surface area is 102 Å². The number of hydrogen-bond donors (Lipinski definition) is 1. The van der Waals surface area contributed by atoms with Crippen molar-refractivity contribution in [1.29, 1.82) is 0 Å². The molecule has 0 saturated carbocycles. The zero-order valence-corrected chi connectivity index (χ0v) is 10.8. The lowest BCUT2D eigenvalue weighted by atomic mass is 10.1. The lowest BCUT2D eigenvalue weighted by molar-refractivity contribution is 0.0526. The molecule has 94 valence electrons. The van der Waals surface area contributed by atoms with E-state index in [0.29, 0.717) is 17.9 Å². The van der Waals surface area contributed by atoms with Crippen LogP contribution in [-0.4, -0.2) is 26.2 Å². The molecule has 1 rings (SSSR count). The van der Waals surface area contributed by atoms with Gasteiger partial charge in [0.05, 0.1) is 25.0 Å². The van der Waals surface area contributed by atoms with E-state index in [1.54, 1.807) is 26.2 Å². The maximum Gasteiger partial charge on any atom is 0.338 e. The maximum atomic E-state index is 11.6. The molecule has 1 N–H and O–H groups in total. The first-order chi connectivity index (χ1) is 8.13. The average molecular weight is 237 g/mol. The summed E-state index contributed by atoms with van der Waals surface area (Å²) in [5.74, 6) is 0.340. The minimum Gasteiger partial charge on any atom is -0.495 e. The highest BCUT2D eigenvalue weighted by Crippen LogP contribution is 2.30. The second-order valence-electron chi connectivity index (χ2n) is 3.62. The van der Waals surface area contributed by atoms with Crippen LogP contribution in [0.1, 0.15) is 29.8 Å². The Balaban J connectivity index is 3.12. The van der Waals surface area contributed by atoms with E-state index in [9.17, 15) is 4.79 Å². The minimum absolute atomic E-state index is 0.322. The second kappa shape index (κ2) is 6.13. The van der Waals surface area contributed by atoms with Crippen LogP contribution in [0.3, 0.4) is 0 Å². The van der Waals surface area contributed by atoms with Crippen molar-refractivity contribution in [2.24, 2.45) is 0 Å². The molecule has 0 fully saturated rings. The fraction of sp³-hybridized carbons (Fsp3) is 0.462. The summed E-state index contributed by atoms with van der Waals surface area (Å²) >= 11 is 0. The Morgan fingerprint density at radius 1 is 1.35 bits per heavy atom. The molecule has 0 amide bonds. The number of methoxy groups -OCH3 is 1. The van der Waals surface area contributed by atoms with Gasteiger partial charge in [0.1, 0.15) is 5.75 Å². The van der Waals surface area contributed by atoms with Gasteiger partial charge in [-0.2, -0.15) is 0 Å². The van der Waals surface area contributed by atoms with Gasteiger partial charge in [-0.3, -0.25) is 0 Å². The third-order valence-electron chi connectivity index (χ3n) is 2.38. The molecule has 1 aromatic carbocycles. The lowest BCUT2D eigenvalue weighted by Gasteiger charge is -2.14. The molecule has 0 heterocycles. The highest BCUT2D eigenvalue weighted by Gasteiger charge is 2.13. The number of rotatable bonds is 5. The molecule has 0 unspecified atom stereocenters. The predicted octanol–water partition coefficient (Wildman–Crippen LogP) is 2.61. The van der Waals surface area contributed by atoms with Crippen LogP contribution in [0, 0.1) is 6.92 Å². The molecule has 0 aliphatic heterocycles. The largest absolute Gasteiger partial charge is 0.495 e. The Morgan fingerprint density at radius 2 is 2.06 bits per heavy atom. The van der Waals surface area contributed by atoms with Gasteiger partial charge < -0.3 is 14.8 Å². The Morgan fingerprint density at radius 3 is 2.59 bits per heavy atom. The molecule has 0 saturated heterocycles. The molecule has 0 atom stereocenters.